The normalized spacial score (nSPS) is 11.0. The Morgan fingerprint density at radius 2 is 1.65 bits per heavy atom. The van der Waals surface area contributed by atoms with E-state index in [2.05, 4.69) is 16.0 Å². The van der Waals surface area contributed by atoms with Crippen LogP contribution in [0.1, 0.15) is 31.1 Å². The average molecular weight is 378 g/mol. The molecular weight excluding hydrogens is 357 g/mol. The lowest BCUT2D eigenvalue weighted by Gasteiger charge is -2.20. The summed E-state index contributed by atoms with van der Waals surface area (Å²) in [5.41, 5.74) is 1.34. The van der Waals surface area contributed by atoms with Crippen LogP contribution in [0.3, 0.4) is 0 Å². The first kappa shape index (κ1) is 19.7. The third kappa shape index (κ3) is 6.04. The average Bonchev–Trinajstić information content (AvgIpc) is 2.55. The van der Waals surface area contributed by atoms with Crippen LogP contribution < -0.4 is 16.0 Å². The third-order valence-electron chi connectivity index (χ3n) is 3.29. The molecule has 0 saturated heterocycles. The van der Waals surface area contributed by atoms with E-state index in [4.69, 9.17) is 11.6 Å². The molecule has 0 bridgehead atoms. The topological polar surface area (TPSA) is 70.2 Å². The third-order valence-corrected chi connectivity index (χ3v) is 3.58. The van der Waals surface area contributed by atoms with E-state index in [9.17, 15) is 14.0 Å². The molecule has 2 aromatic rings. The van der Waals surface area contributed by atoms with E-state index in [0.29, 0.717) is 16.9 Å². The summed E-state index contributed by atoms with van der Waals surface area (Å²) in [6, 6.07) is 10.8. The van der Waals surface area contributed by atoms with Crippen LogP contribution in [0.15, 0.2) is 42.5 Å². The van der Waals surface area contributed by atoms with Crippen molar-refractivity contribution in [2.75, 3.05) is 17.2 Å². The lowest BCUT2D eigenvalue weighted by Crippen LogP contribution is -2.40. The number of hydrogen-bond acceptors (Lipinski definition) is 3. The van der Waals surface area contributed by atoms with Gasteiger partial charge in [-0.15, -0.1) is 0 Å². The maximum atomic E-state index is 13.1. The first-order valence-electron chi connectivity index (χ1n) is 8.05. The Hall–Kier alpha value is -2.60. The SMILES string of the molecule is CC(C)(C)NC(=O)c1ccc(NCC(=O)Nc2ccc(F)c(Cl)c2)cc1. The number of benzene rings is 2. The Balaban J connectivity index is 1.88. The molecular formula is C19H21ClFN3O2. The molecule has 3 N–H and O–H groups in total. The van der Waals surface area contributed by atoms with Crippen LogP contribution in [-0.2, 0) is 4.79 Å². The van der Waals surface area contributed by atoms with Crippen molar-refractivity contribution in [2.45, 2.75) is 26.3 Å². The van der Waals surface area contributed by atoms with Crippen LogP contribution in [0.5, 0.6) is 0 Å². The molecule has 0 fully saturated rings. The first-order chi connectivity index (χ1) is 12.1. The summed E-state index contributed by atoms with van der Waals surface area (Å²) in [4.78, 5) is 24.0. The number of hydrogen-bond donors (Lipinski definition) is 3. The predicted octanol–water partition coefficient (Wildman–Crippen LogP) is 4.06. The zero-order valence-corrected chi connectivity index (χ0v) is 15.6. The Labute approximate surface area is 156 Å². The van der Waals surface area contributed by atoms with Gasteiger partial charge in [-0.2, -0.15) is 0 Å². The molecule has 0 heterocycles. The zero-order valence-electron chi connectivity index (χ0n) is 14.8. The summed E-state index contributed by atoms with van der Waals surface area (Å²) in [5, 5.41) is 8.40. The molecule has 2 aromatic carbocycles. The number of rotatable bonds is 5. The number of carbonyl (C=O) groups excluding carboxylic acids is 2. The van der Waals surface area contributed by atoms with Crippen molar-refractivity contribution >= 4 is 34.8 Å². The zero-order chi connectivity index (χ0) is 19.3. The molecule has 7 heteroatoms. The minimum absolute atomic E-state index is 0.0164. The molecule has 0 radical (unpaired) electrons. The van der Waals surface area contributed by atoms with Gasteiger partial charge in [0.05, 0.1) is 11.6 Å². The molecule has 5 nitrogen and oxygen atoms in total. The predicted molar refractivity (Wildman–Crippen MR) is 102 cm³/mol. The largest absolute Gasteiger partial charge is 0.376 e. The maximum absolute atomic E-state index is 13.1. The van der Waals surface area contributed by atoms with E-state index in [1.807, 2.05) is 20.8 Å². The van der Waals surface area contributed by atoms with Gasteiger partial charge in [0.25, 0.3) is 5.91 Å². The van der Waals surface area contributed by atoms with Gasteiger partial charge in [0.2, 0.25) is 5.91 Å². The summed E-state index contributed by atoms with van der Waals surface area (Å²) in [6.45, 7) is 5.75. The minimum atomic E-state index is -0.543. The van der Waals surface area contributed by atoms with Crippen molar-refractivity contribution in [3.8, 4) is 0 Å². The van der Waals surface area contributed by atoms with Gasteiger partial charge in [-0.05, 0) is 63.2 Å². The highest BCUT2D eigenvalue weighted by Crippen LogP contribution is 2.19. The summed E-state index contributed by atoms with van der Waals surface area (Å²) < 4.78 is 13.1. The van der Waals surface area contributed by atoms with Crippen LogP contribution >= 0.6 is 11.6 Å². The van der Waals surface area contributed by atoms with Crippen molar-refractivity contribution in [3.05, 3.63) is 58.9 Å². The van der Waals surface area contributed by atoms with Gasteiger partial charge in [0, 0.05) is 22.5 Å². The molecule has 2 rings (SSSR count). The second kappa shape index (κ2) is 8.19. The molecule has 138 valence electrons. The Kier molecular flexibility index (Phi) is 6.21. The van der Waals surface area contributed by atoms with E-state index in [0.717, 1.165) is 0 Å². The highest BCUT2D eigenvalue weighted by Gasteiger charge is 2.15. The van der Waals surface area contributed by atoms with E-state index in [1.165, 1.54) is 18.2 Å². The van der Waals surface area contributed by atoms with Gasteiger partial charge >= 0.3 is 0 Å². The smallest absolute Gasteiger partial charge is 0.251 e. The van der Waals surface area contributed by atoms with Crippen LogP contribution in [0.25, 0.3) is 0 Å². The maximum Gasteiger partial charge on any atom is 0.251 e. The summed E-state index contributed by atoms with van der Waals surface area (Å²) >= 11 is 5.68. The molecule has 26 heavy (non-hydrogen) atoms. The van der Waals surface area contributed by atoms with E-state index in [-0.39, 0.29) is 28.9 Å². The number of halogens is 2. The van der Waals surface area contributed by atoms with Crippen LogP contribution in [-0.4, -0.2) is 23.9 Å². The summed E-state index contributed by atoms with van der Waals surface area (Å²) in [6.07, 6.45) is 0. The molecule has 2 amide bonds. The van der Waals surface area contributed by atoms with Gasteiger partial charge in [0.15, 0.2) is 0 Å². The molecule has 0 atom stereocenters. The summed E-state index contributed by atoms with van der Waals surface area (Å²) in [5.74, 6) is -1.00. The van der Waals surface area contributed by atoms with Crippen molar-refractivity contribution in [1.82, 2.24) is 5.32 Å². The Bertz CT molecular complexity index is 801. The van der Waals surface area contributed by atoms with Crippen molar-refractivity contribution < 1.29 is 14.0 Å². The lowest BCUT2D eigenvalue weighted by atomic mass is 10.1. The number of amides is 2. The molecule has 0 saturated carbocycles. The Morgan fingerprint density at radius 1 is 1.04 bits per heavy atom. The molecule has 0 aliphatic carbocycles. The van der Waals surface area contributed by atoms with Crippen LogP contribution in [0.2, 0.25) is 5.02 Å². The minimum Gasteiger partial charge on any atom is -0.376 e. The first-order valence-corrected chi connectivity index (χ1v) is 8.43. The van der Waals surface area contributed by atoms with Gasteiger partial charge < -0.3 is 16.0 Å². The highest BCUT2D eigenvalue weighted by molar-refractivity contribution is 6.31. The van der Waals surface area contributed by atoms with E-state index in [1.54, 1.807) is 24.3 Å². The van der Waals surface area contributed by atoms with Gasteiger partial charge in [-0.1, -0.05) is 11.6 Å². The quantitative estimate of drug-likeness (QED) is 0.736. The standard InChI is InChI=1S/C19H21ClFN3O2/c1-19(2,3)24-18(26)12-4-6-13(7-5-12)22-11-17(25)23-14-8-9-16(21)15(20)10-14/h4-10,22H,11H2,1-3H3,(H,23,25)(H,24,26). The number of anilines is 2. The molecule has 0 aliphatic heterocycles. The van der Waals surface area contributed by atoms with Crippen molar-refractivity contribution in [1.29, 1.82) is 0 Å². The fraction of sp³-hybridized carbons (Fsp3) is 0.263. The van der Waals surface area contributed by atoms with Gasteiger partial charge in [-0.25, -0.2) is 4.39 Å². The Morgan fingerprint density at radius 3 is 2.23 bits per heavy atom. The number of carbonyl (C=O) groups is 2. The highest BCUT2D eigenvalue weighted by atomic mass is 35.5. The fourth-order valence-electron chi connectivity index (χ4n) is 2.11. The molecule has 0 aliphatic rings. The molecule has 0 spiro atoms. The fourth-order valence-corrected chi connectivity index (χ4v) is 2.29. The van der Waals surface area contributed by atoms with E-state index >= 15 is 0 Å². The van der Waals surface area contributed by atoms with Crippen LogP contribution in [0, 0.1) is 5.82 Å². The second-order valence-electron chi connectivity index (χ2n) is 6.81. The van der Waals surface area contributed by atoms with Gasteiger partial charge in [-0.3, -0.25) is 9.59 Å². The second-order valence-corrected chi connectivity index (χ2v) is 7.22. The lowest BCUT2D eigenvalue weighted by molar-refractivity contribution is -0.114. The monoisotopic (exact) mass is 377 g/mol. The van der Waals surface area contributed by atoms with Gasteiger partial charge in [0.1, 0.15) is 5.82 Å². The van der Waals surface area contributed by atoms with E-state index < -0.39 is 5.82 Å². The molecule has 0 unspecified atom stereocenters. The molecule has 0 aromatic heterocycles. The summed E-state index contributed by atoms with van der Waals surface area (Å²) in [7, 11) is 0. The van der Waals surface area contributed by atoms with Crippen molar-refractivity contribution in [2.24, 2.45) is 0 Å². The van der Waals surface area contributed by atoms with Crippen molar-refractivity contribution in [3.63, 3.8) is 0 Å². The number of nitrogens with one attached hydrogen (secondary N) is 3. The van der Waals surface area contributed by atoms with Crippen LogP contribution in [0.4, 0.5) is 15.8 Å².